The fourth-order valence-corrected chi connectivity index (χ4v) is 2.88. The molecule has 0 atom stereocenters. The second-order valence-corrected chi connectivity index (χ2v) is 6.83. The van der Waals surface area contributed by atoms with Crippen molar-refractivity contribution in [3.8, 4) is 11.6 Å². The fraction of sp³-hybridized carbons (Fsp3) is 0.381. The van der Waals surface area contributed by atoms with E-state index in [0.29, 0.717) is 28.8 Å². The lowest BCUT2D eigenvalue weighted by atomic mass is 9.98. The summed E-state index contributed by atoms with van der Waals surface area (Å²) in [6, 6.07) is 3.42. The summed E-state index contributed by atoms with van der Waals surface area (Å²) in [6.07, 6.45) is 5.27. The smallest absolute Gasteiger partial charge is 0.270 e. The summed E-state index contributed by atoms with van der Waals surface area (Å²) < 4.78 is 33.8. The predicted molar refractivity (Wildman–Crippen MR) is 102 cm³/mol. The Morgan fingerprint density at radius 3 is 2.62 bits per heavy atom. The lowest BCUT2D eigenvalue weighted by Crippen LogP contribution is -2.15. The van der Waals surface area contributed by atoms with E-state index in [1.165, 1.54) is 18.2 Å². The summed E-state index contributed by atoms with van der Waals surface area (Å²) in [5, 5.41) is 0. The molecule has 140 valence electrons. The third-order valence-corrected chi connectivity index (χ3v) is 4.03. The summed E-state index contributed by atoms with van der Waals surface area (Å²) in [5.74, 6) is -1.02. The van der Waals surface area contributed by atoms with Gasteiger partial charge in [0.2, 0.25) is 0 Å². The number of hydrogen-bond donors (Lipinski definition) is 1. The zero-order valence-electron chi connectivity index (χ0n) is 16.0. The fourth-order valence-electron chi connectivity index (χ4n) is 2.88. The van der Waals surface area contributed by atoms with E-state index < -0.39 is 5.92 Å². The number of aryl methyl sites for hydroxylation is 1. The van der Waals surface area contributed by atoms with Gasteiger partial charge in [-0.05, 0) is 38.3 Å². The van der Waals surface area contributed by atoms with E-state index >= 15 is 0 Å². The van der Waals surface area contributed by atoms with Crippen LogP contribution in [0.1, 0.15) is 44.8 Å². The maximum Gasteiger partial charge on any atom is 0.270 e. The van der Waals surface area contributed by atoms with E-state index in [1.54, 1.807) is 19.1 Å². The second kappa shape index (κ2) is 7.85. The quantitative estimate of drug-likeness (QED) is 0.585. The van der Waals surface area contributed by atoms with Gasteiger partial charge in [-0.25, -0.2) is 13.8 Å². The molecule has 0 aliphatic carbocycles. The van der Waals surface area contributed by atoms with Gasteiger partial charge >= 0.3 is 0 Å². The van der Waals surface area contributed by atoms with E-state index in [-0.39, 0.29) is 5.57 Å². The molecule has 0 saturated heterocycles. The molecule has 0 saturated carbocycles. The van der Waals surface area contributed by atoms with E-state index in [9.17, 15) is 8.78 Å². The number of H-pyrrole nitrogens is 1. The molecule has 5 heteroatoms. The molecule has 0 unspecified atom stereocenters. The van der Waals surface area contributed by atoms with Crippen LogP contribution in [-0.2, 0) is 6.42 Å². The molecule has 2 aromatic rings. The molecule has 26 heavy (non-hydrogen) atoms. The molecule has 2 rings (SSSR count). The summed E-state index contributed by atoms with van der Waals surface area (Å²) in [6.45, 7) is 12.3. The van der Waals surface area contributed by atoms with Gasteiger partial charge in [-0.1, -0.05) is 38.7 Å². The topological polar surface area (TPSA) is 41.8 Å². The summed E-state index contributed by atoms with van der Waals surface area (Å²) in [4.78, 5) is 7.82. The first-order chi connectivity index (χ1) is 12.2. The van der Waals surface area contributed by atoms with Crippen molar-refractivity contribution in [2.24, 2.45) is 5.92 Å². The van der Waals surface area contributed by atoms with Crippen LogP contribution in [0.4, 0.5) is 8.78 Å². The standard InChI is InChI=1S/C21H26F2N2O/c1-7-9-15(16(8-2)21(6,22)23)18-10-11-19(26-18)20-24-14(5)17(25-20)12-13(3)4/h7-11,13H,1,12H2,2-6H3,(H,24,25)/b15-9+,16-8+. The number of nitrogens with zero attached hydrogens (tertiary/aromatic N) is 1. The van der Waals surface area contributed by atoms with Crippen LogP contribution in [-0.4, -0.2) is 15.9 Å². The highest BCUT2D eigenvalue weighted by Gasteiger charge is 2.31. The molecule has 0 spiro atoms. The van der Waals surface area contributed by atoms with Gasteiger partial charge in [0.25, 0.3) is 5.92 Å². The second-order valence-electron chi connectivity index (χ2n) is 6.83. The largest absolute Gasteiger partial charge is 0.453 e. The van der Waals surface area contributed by atoms with Crippen LogP contribution < -0.4 is 0 Å². The van der Waals surface area contributed by atoms with E-state index in [1.807, 2.05) is 6.92 Å². The Balaban J connectivity index is 2.42. The van der Waals surface area contributed by atoms with Crippen molar-refractivity contribution in [1.29, 1.82) is 0 Å². The zero-order chi connectivity index (χ0) is 19.5. The molecular weight excluding hydrogens is 334 g/mol. The Morgan fingerprint density at radius 2 is 2.08 bits per heavy atom. The highest BCUT2D eigenvalue weighted by atomic mass is 19.3. The minimum atomic E-state index is -2.98. The first-order valence-electron chi connectivity index (χ1n) is 8.71. The lowest BCUT2D eigenvalue weighted by molar-refractivity contribution is 0.0685. The number of rotatable bonds is 7. The minimum Gasteiger partial charge on any atom is -0.453 e. The third kappa shape index (κ3) is 4.40. The summed E-state index contributed by atoms with van der Waals surface area (Å²) >= 11 is 0. The van der Waals surface area contributed by atoms with Crippen LogP contribution in [0, 0.1) is 12.8 Å². The van der Waals surface area contributed by atoms with Gasteiger partial charge in [0, 0.05) is 23.8 Å². The van der Waals surface area contributed by atoms with Crippen molar-refractivity contribution in [2.75, 3.05) is 0 Å². The Morgan fingerprint density at radius 1 is 1.38 bits per heavy atom. The SMILES string of the molecule is C=C/C=C(\C(=C/C)C(C)(F)F)c1ccc(-c2nc(CC(C)C)c(C)[nH]2)o1. The molecule has 0 aromatic carbocycles. The van der Waals surface area contributed by atoms with E-state index in [4.69, 9.17) is 4.42 Å². The van der Waals surface area contributed by atoms with Gasteiger partial charge in [0.1, 0.15) is 5.76 Å². The Labute approximate surface area is 153 Å². The van der Waals surface area contributed by atoms with Crippen molar-refractivity contribution < 1.29 is 13.2 Å². The molecule has 0 bridgehead atoms. The first kappa shape index (κ1) is 19.9. The Kier molecular flexibility index (Phi) is 6.01. The number of alkyl halides is 2. The number of imidazole rings is 1. The molecule has 1 N–H and O–H groups in total. The molecule has 0 amide bonds. The highest BCUT2D eigenvalue weighted by Crippen LogP contribution is 2.37. The molecule has 0 radical (unpaired) electrons. The van der Waals surface area contributed by atoms with Gasteiger partial charge in [-0.3, -0.25) is 0 Å². The molecule has 3 nitrogen and oxygen atoms in total. The third-order valence-electron chi connectivity index (χ3n) is 4.03. The average Bonchev–Trinajstić information content (AvgIpc) is 3.13. The summed E-state index contributed by atoms with van der Waals surface area (Å²) in [7, 11) is 0. The van der Waals surface area contributed by atoms with Gasteiger partial charge in [-0.2, -0.15) is 0 Å². The van der Waals surface area contributed by atoms with E-state index in [2.05, 4.69) is 30.4 Å². The molecule has 0 aliphatic heterocycles. The molecule has 0 fully saturated rings. The van der Waals surface area contributed by atoms with Gasteiger partial charge < -0.3 is 9.40 Å². The molecule has 2 aromatic heterocycles. The number of aromatic nitrogens is 2. The van der Waals surface area contributed by atoms with Crippen molar-refractivity contribution in [3.63, 3.8) is 0 Å². The number of furan rings is 1. The monoisotopic (exact) mass is 360 g/mol. The average molecular weight is 360 g/mol. The maximum absolute atomic E-state index is 13.9. The number of hydrogen-bond acceptors (Lipinski definition) is 2. The maximum atomic E-state index is 13.9. The van der Waals surface area contributed by atoms with Crippen molar-refractivity contribution in [1.82, 2.24) is 9.97 Å². The molecule has 0 aliphatic rings. The van der Waals surface area contributed by atoms with Crippen molar-refractivity contribution in [2.45, 2.75) is 47.0 Å². The molecule has 2 heterocycles. The number of nitrogens with one attached hydrogen (secondary N) is 1. The number of allylic oxidation sites excluding steroid dienone is 5. The number of halogens is 2. The van der Waals surface area contributed by atoms with Crippen molar-refractivity contribution >= 4 is 5.57 Å². The van der Waals surface area contributed by atoms with Crippen molar-refractivity contribution in [3.05, 3.63) is 59.7 Å². The Hall–Kier alpha value is -2.43. The zero-order valence-corrected chi connectivity index (χ0v) is 16.0. The van der Waals surface area contributed by atoms with Gasteiger partial charge in [0.05, 0.1) is 5.69 Å². The predicted octanol–water partition coefficient (Wildman–Crippen LogP) is 6.35. The van der Waals surface area contributed by atoms with Crippen LogP contribution in [0.15, 0.2) is 46.9 Å². The van der Waals surface area contributed by atoms with Crippen LogP contribution in [0.25, 0.3) is 17.2 Å². The molecular formula is C21H26F2N2O. The van der Waals surface area contributed by atoms with Crippen LogP contribution in [0.2, 0.25) is 0 Å². The first-order valence-corrected chi connectivity index (χ1v) is 8.71. The highest BCUT2D eigenvalue weighted by molar-refractivity contribution is 5.79. The number of aromatic amines is 1. The van der Waals surface area contributed by atoms with Gasteiger partial charge in [-0.15, -0.1) is 0 Å². The lowest BCUT2D eigenvalue weighted by Gasteiger charge is -2.16. The van der Waals surface area contributed by atoms with Crippen LogP contribution >= 0.6 is 0 Å². The Bertz CT molecular complexity index is 833. The van der Waals surface area contributed by atoms with Crippen LogP contribution in [0.3, 0.4) is 0 Å². The van der Waals surface area contributed by atoms with Gasteiger partial charge in [0.15, 0.2) is 11.6 Å². The summed E-state index contributed by atoms with van der Waals surface area (Å²) in [5.41, 5.74) is 2.19. The minimum absolute atomic E-state index is 0.102. The van der Waals surface area contributed by atoms with E-state index in [0.717, 1.165) is 24.7 Å². The van der Waals surface area contributed by atoms with Crippen LogP contribution in [0.5, 0.6) is 0 Å². The normalized spacial score (nSPS) is 13.5.